The minimum atomic E-state index is 0.473. The molecule has 0 fully saturated rings. The number of para-hydroxylation sites is 1. The van der Waals surface area contributed by atoms with E-state index in [0.717, 1.165) is 26.9 Å². The molecule has 0 unspecified atom stereocenters. The molecule has 5 nitrogen and oxygen atoms in total. The summed E-state index contributed by atoms with van der Waals surface area (Å²) in [5, 5.41) is 9.91. The van der Waals surface area contributed by atoms with Crippen LogP contribution in [-0.4, -0.2) is 19.6 Å². The van der Waals surface area contributed by atoms with Crippen LogP contribution in [0.15, 0.2) is 52.6 Å². The second kappa shape index (κ2) is 5.75. The van der Waals surface area contributed by atoms with Crippen molar-refractivity contribution in [1.29, 1.82) is 0 Å². The quantitative estimate of drug-likeness (QED) is 0.804. The zero-order valence-electron chi connectivity index (χ0n) is 12.0. The summed E-state index contributed by atoms with van der Waals surface area (Å²) in [5.74, 6) is 0. The Morgan fingerprint density at radius 1 is 1.24 bits per heavy atom. The molecule has 0 aliphatic rings. The van der Waals surface area contributed by atoms with Gasteiger partial charge in [-0.1, -0.05) is 30.0 Å². The van der Waals surface area contributed by atoms with E-state index >= 15 is 0 Å². The Bertz CT molecular complexity index is 745. The van der Waals surface area contributed by atoms with Gasteiger partial charge in [0.2, 0.25) is 0 Å². The van der Waals surface area contributed by atoms with Crippen LogP contribution in [0.5, 0.6) is 0 Å². The van der Waals surface area contributed by atoms with Gasteiger partial charge in [0.1, 0.15) is 5.03 Å². The fourth-order valence-corrected chi connectivity index (χ4v) is 3.30. The Kier molecular flexibility index (Phi) is 3.81. The highest BCUT2D eigenvalue weighted by molar-refractivity contribution is 7.99. The van der Waals surface area contributed by atoms with Crippen molar-refractivity contribution in [3.8, 4) is 5.69 Å². The van der Waals surface area contributed by atoms with Gasteiger partial charge in [0.15, 0.2) is 0 Å². The number of rotatable bonds is 4. The predicted octanol–water partition coefficient (Wildman–Crippen LogP) is 2.52. The third-order valence-corrected chi connectivity index (χ3v) is 4.30. The van der Waals surface area contributed by atoms with Crippen LogP contribution in [0.3, 0.4) is 0 Å². The molecule has 21 heavy (non-hydrogen) atoms. The van der Waals surface area contributed by atoms with Crippen molar-refractivity contribution in [3.05, 3.63) is 54.0 Å². The van der Waals surface area contributed by atoms with E-state index in [9.17, 15) is 0 Å². The summed E-state index contributed by atoms with van der Waals surface area (Å²) in [6, 6.07) is 10.1. The lowest BCUT2D eigenvalue weighted by Gasteiger charge is -2.07. The summed E-state index contributed by atoms with van der Waals surface area (Å²) in [6.07, 6.45) is 3.84. The largest absolute Gasteiger partial charge is 0.326 e. The third kappa shape index (κ3) is 2.72. The Balaban J connectivity index is 2.08. The van der Waals surface area contributed by atoms with Crippen LogP contribution in [-0.2, 0) is 13.6 Å². The topological polar surface area (TPSA) is 61.7 Å². The Morgan fingerprint density at radius 3 is 2.62 bits per heavy atom. The van der Waals surface area contributed by atoms with Gasteiger partial charge in [-0.15, -0.1) is 0 Å². The second-order valence-electron chi connectivity index (χ2n) is 4.77. The van der Waals surface area contributed by atoms with Crippen molar-refractivity contribution < 1.29 is 0 Å². The molecule has 0 atom stereocenters. The van der Waals surface area contributed by atoms with Crippen LogP contribution < -0.4 is 5.73 Å². The molecule has 1 aromatic carbocycles. The summed E-state index contributed by atoms with van der Waals surface area (Å²) in [7, 11) is 1.91. The minimum Gasteiger partial charge on any atom is -0.326 e. The van der Waals surface area contributed by atoms with Crippen LogP contribution >= 0.6 is 11.8 Å². The molecule has 0 aliphatic heterocycles. The first-order valence-corrected chi connectivity index (χ1v) is 7.51. The highest BCUT2D eigenvalue weighted by Gasteiger charge is 2.17. The average molecular weight is 299 g/mol. The van der Waals surface area contributed by atoms with Crippen molar-refractivity contribution >= 4 is 11.8 Å². The molecule has 0 spiro atoms. The fourth-order valence-electron chi connectivity index (χ4n) is 2.19. The summed E-state index contributed by atoms with van der Waals surface area (Å²) in [5.41, 5.74) is 8.99. The normalized spacial score (nSPS) is 11.0. The molecule has 0 bridgehead atoms. The Morgan fingerprint density at radius 2 is 2.00 bits per heavy atom. The highest BCUT2D eigenvalue weighted by Crippen LogP contribution is 2.33. The standard InChI is InChI=1S/C15H17N5S/c1-11-14(8-16)15(21-13-9-17-19(2)10-13)20(18-11)12-6-4-3-5-7-12/h3-7,9-10H,8,16H2,1-2H3. The van der Waals surface area contributed by atoms with E-state index in [0.29, 0.717) is 6.54 Å². The lowest BCUT2D eigenvalue weighted by Crippen LogP contribution is -2.01. The zero-order chi connectivity index (χ0) is 14.8. The minimum absolute atomic E-state index is 0.473. The molecule has 0 aliphatic carbocycles. The van der Waals surface area contributed by atoms with E-state index in [1.54, 1.807) is 16.4 Å². The molecule has 2 heterocycles. The Labute approximate surface area is 127 Å². The van der Waals surface area contributed by atoms with Crippen molar-refractivity contribution in [3.63, 3.8) is 0 Å². The molecule has 0 radical (unpaired) electrons. The van der Waals surface area contributed by atoms with Crippen LogP contribution in [0, 0.1) is 6.92 Å². The summed E-state index contributed by atoms with van der Waals surface area (Å²) >= 11 is 1.64. The van der Waals surface area contributed by atoms with Crippen molar-refractivity contribution in [2.75, 3.05) is 0 Å². The highest BCUT2D eigenvalue weighted by atomic mass is 32.2. The summed E-state index contributed by atoms with van der Waals surface area (Å²) in [4.78, 5) is 1.07. The number of aromatic nitrogens is 4. The van der Waals surface area contributed by atoms with E-state index in [2.05, 4.69) is 10.2 Å². The number of nitrogens with two attached hydrogens (primary N) is 1. The van der Waals surface area contributed by atoms with Gasteiger partial charge in [-0.2, -0.15) is 10.2 Å². The maximum Gasteiger partial charge on any atom is 0.109 e. The fraction of sp³-hybridized carbons (Fsp3) is 0.200. The number of aryl methyl sites for hydroxylation is 2. The first-order valence-electron chi connectivity index (χ1n) is 6.69. The maximum absolute atomic E-state index is 5.91. The van der Waals surface area contributed by atoms with Crippen molar-refractivity contribution in [2.45, 2.75) is 23.4 Å². The van der Waals surface area contributed by atoms with Gasteiger partial charge in [-0.25, -0.2) is 4.68 Å². The average Bonchev–Trinajstić information content (AvgIpc) is 3.04. The van der Waals surface area contributed by atoms with Crippen molar-refractivity contribution in [1.82, 2.24) is 19.6 Å². The number of hydrogen-bond acceptors (Lipinski definition) is 4. The molecule has 2 aromatic heterocycles. The summed E-state index contributed by atoms with van der Waals surface area (Å²) in [6.45, 7) is 2.47. The van der Waals surface area contributed by atoms with Gasteiger partial charge >= 0.3 is 0 Å². The summed E-state index contributed by atoms with van der Waals surface area (Å²) < 4.78 is 3.75. The van der Waals surface area contributed by atoms with E-state index in [-0.39, 0.29) is 0 Å². The molecule has 6 heteroatoms. The molecular formula is C15H17N5S. The number of hydrogen-bond donors (Lipinski definition) is 1. The smallest absolute Gasteiger partial charge is 0.109 e. The maximum atomic E-state index is 5.91. The van der Waals surface area contributed by atoms with Gasteiger partial charge in [-0.3, -0.25) is 4.68 Å². The van der Waals surface area contributed by atoms with E-state index < -0.39 is 0 Å². The SMILES string of the molecule is Cc1nn(-c2ccccc2)c(Sc2cnn(C)c2)c1CN. The lowest BCUT2D eigenvalue weighted by molar-refractivity contribution is 0.766. The number of benzene rings is 1. The van der Waals surface area contributed by atoms with Gasteiger partial charge in [0.05, 0.1) is 22.5 Å². The van der Waals surface area contributed by atoms with Crippen LogP contribution in [0.2, 0.25) is 0 Å². The molecule has 2 N–H and O–H groups in total. The van der Waals surface area contributed by atoms with E-state index in [4.69, 9.17) is 5.73 Å². The zero-order valence-corrected chi connectivity index (χ0v) is 12.8. The van der Waals surface area contributed by atoms with Gasteiger partial charge in [0, 0.05) is 25.4 Å². The van der Waals surface area contributed by atoms with Gasteiger partial charge in [-0.05, 0) is 19.1 Å². The van der Waals surface area contributed by atoms with Gasteiger partial charge < -0.3 is 5.73 Å². The predicted molar refractivity (Wildman–Crippen MR) is 83.5 cm³/mol. The van der Waals surface area contributed by atoms with E-state index in [1.807, 2.05) is 61.4 Å². The molecule has 0 saturated carbocycles. The van der Waals surface area contributed by atoms with Gasteiger partial charge in [0.25, 0.3) is 0 Å². The molecule has 3 rings (SSSR count). The van der Waals surface area contributed by atoms with Crippen LogP contribution in [0.4, 0.5) is 0 Å². The molecule has 108 valence electrons. The second-order valence-corrected chi connectivity index (χ2v) is 5.83. The molecule has 3 aromatic rings. The van der Waals surface area contributed by atoms with E-state index in [1.165, 1.54) is 0 Å². The van der Waals surface area contributed by atoms with Crippen molar-refractivity contribution in [2.24, 2.45) is 12.8 Å². The molecule has 0 amide bonds. The third-order valence-electron chi connectivity index (χ3n) is 3.24. The first kappa shape index (κ1) is 13.9. The lowest BCUT2D eigenvalue weighted by atomic mass is 10.3. The monoisotopic (exact) mass is 299 g/mol. The number of nitrogens with zero attached hydrogens (tertiary/aromatic N) is 4. The molecule has 0 saturated heterocycles. The Hall–Kier alpha value is -2.05. The first-order chi connectivity index (χ1) is 10.2. The molecular weight excluding hydrogens is 282 g/mol. The van der Waals surface area contributed by atoms with Crippen LogP contribution in [0.25, 0.3) is 5.69 Å². The van der Waals surface area contributed by atoms with Crippen LogP contribution in [0.1, 0.15) is 11.3 Å².